The number of methoxy groups -OCH3 is 1. The number of hydrogen-bond donors (Lipinski definition) is 1. The van der Waals surface area contributed by atoms with Crippen LogP contribution in [0.2, 0.25) is 5.02 Å². The number of rotatable bonds is 3. The predicted octanol–water partition coefficient (Wildman–Crippen LogP) is 2.33. The van der Waals surface area contributed by atoms with E-state index in [9.17, 15) is 9.18 Å². The molecule has 0 fully saturated rings. The summed E-state index contributed by atoms with van der Waals surface area (Å²) in [5.41, 5.74) is 0.467. The van der Waals surface area contributed by atoms with Crippen LogP contribution < -0.4 is 15.6 Å². The molecule has 0 bridgehead atoms. The van der Waals surface area contributed by atoms with Gasteiger partial charge in [0.05, 0.1) is 19.0 Å². The number of nitrogens with zero attached hydrogens (tertiary/aromatic N) is 2. The van der Waals surface area contributed by atoms with Crippen molar-refractivity contribution in [3.63, 3.8) is 0 Å². The van der Waals surface area contributed by atoms with Crippen LogP contribution in [-0.2, 0) is 7.05 Å². The molecule has 0 aliphatic heterocycles. The largest absolute Gasteiger partial charge is 0.494 e. The van der Waals surface area contributed by atoms with Crippen LogP contribution in [0.3, 0.4) is 0 Å². The maximum Gasteiger partial charge on any atom is 0.287 e. The molecule has 2 rings (SSSR count). The molecular weight excluding hydrogens is 273 g/mol. The van der Waals surface area contributed by atoms with E-state index < -0.39 is 11.4 Å². The van der Waals surface area contributed by atoms with Gasteiger partial charge >= 0.3 is 0 Å². The lowest BCUT2D eigenvalue weighted by Crippen LogP contribution is -2.20. The van der Waals surface area contributed by atoms with Crippen molar-refractivity contribution < 1.29 is 9.13 Å². The van der Waals surface area contributed by atoms with E-state index in [0.29, 0.717) is 11.4 Å². The maximum absolute atomic E-state index is 13.3. The van der Waals surface area contributed by atoms with Crippen LogP contribution in [0, 0.1) is 5.82 Å². The molecule has 0 unspecified atom stereocenters. The van der Waals surface area contributed by atoms with Crippen LogP contribution in [0.5, 0.6) is 5.75 Å². The van der Waals surface area contributed by atoms with E-state index in [4.69, 9.17) is 16.3 Å². The molecule has 19 heavy (non-hydrogen) atoms. The Kier molecular flexibility index (Phi) is 3.71. The predicted molar refractivity (Wildman–Crippen MR) is 70.7 cm³/mol. The highest BCUT2D eigenvalue weighted by Gasteiger charge is 2.09. The van der Waals surface area contributed by atoms with Gasteiger partial charge in [-0.2, -0.15) is 5.10 Å². The van der Waals surface area contributed by atoms with Gasteiger partial charge in [-0.1, -0.05) is 11.6 Å². The fourth-order valence-electron chi connectivity index (χ4n) is 1.49. The van der Waals surface area contributed by atoms with Gasteiger partial charge in [0, 0.05) is 18.8 Å². The molecule has 1 N–H and O–H groups in total. The van der Waals surface area contributed by atoms with E-state index in [1.807, 2.05) is 0 Å². The number of anilines is 2. The Morgan fingerprint density at radius 3 is 2.89 bits per heavy atom. The Balaban J connectivity index is 2.37. The first-order chi connectivity index (χ1) is 9.02. The number of nitrogens with one attached hydrogen (secondary N) is 1. The van der Waals surface area contributed by atoms with E-state index in [2.05, 4.69) is 10.4 Å². The van der Waals surface area contributed by atoms with Gasteiger partial charge in [0.1, 0.15) is 5.02 Å². The Bertz CT molecular complexity index is 673. The smallest absolute Gasteiger partial charge is 0.287 e. The van der Waals surface area contributed by atoms with Crippen molar-refractivity contribution in [1.82, 2.24) is 9.78 Å². The fourth-order valence-corrected chi connectivity index (χ4v) is 1.71. The molecule has 0 amide bonds. The first kappa shape index (κ1) is 13.4. The highest BCUT2D eigenvalue weighted by molar-refractivity contribution is 6.33. The van der Waals surface area contributed by atoms with Gasteiger partial charge < -0.3 is 10.1 Å². The Hall–Kier alpha value is -2.08. The Morgan fingerprint density at radius 1 is 1.47 bits per heavy atom. The highest BCUT2D eigenvalue weighted by Crippen LogP contribution is 2.26. The monoisotopic (exact) mass is 283 g/mol. The highest BCUT2D eigenvalue weighted by atomic mass is 35.5. The molecule has 0 spiro atoms. The minimum absolute atomic E-state index is 0.0146. The van der Waals surface area contributed by atoms with Crippen molar-refractivity contribution in [3.05, 3.63) is 45.6 Å². The maximum atomic E-state index is 13.3. The summed E-state index contributed by atoms with van der Waals surface area (Å²) in [7, 11) is 2.87. The third-order valence-corrected chi connectivity index (χ3v) is 2.87. The topological polar surface area (TPSA) is 56.1 Å². The van der Waals surface area contributed by atoms with Crippen LogP contribution in [0.15, 0.2) is 29.2 Å². The standard InChI is InChI=1S/C12H11ClFN3O2/c1-17-12(18)11(13)9(6-15-17)16-7-3-4-8(14)10(5-7)19-2/h3-6,16H,1-2H3. The quantitative estimate of drug-likeness (QED) is 0.939. The van der Waals surface area contributed by atoms with Crippen molar-refractivity contribution in [2.24, 2.45) is 7.05 Å². The van der Waals surface area contributed by atoms with Gasteiger partial charge in [-0.25, -0.2) is 9.07 Å². The lowest BCUT2D eigenvalue weighted by atomic mass is 10.2. The van der Waals surface area contributed by atoms with E-state index in [0.717, 1.165) is 4.68 Å². The van der Waals surface area contributed by atoms with Gasteiger partial charge in [-0.3, -0.25) is 4.79 Å². The molecule has 1 aromatic heterocycles. The van der Waals surface area contributed by atoms with Gasteiger partial charge in [0.15, 0.2) is 11.6 Å². The second kappa shape index (κ2) is 5.27. The molecule has 0 radical (unpaired) electrons. The molecule has 0 atom stereocenters. The third-order valence-electron chi connectivity index (χ3n) is 2.51. The Labute approximate surface area is 113 Å². The van der Waals surface area contributed by atoms with Crippen molar-refractivity contribution in [2.75, 3.05) is 12.4 Å². The number of ether oxygens (including phenoxy) is 1. The molecule has 2 aromatic rings. The molecule has 1 heterocycles. The van der Waals surface area contributed by atoms with Gasteiger partial charge in [-0.15, -0.1) is 0 Å². The molecule has 7 heteroatoms. The molecule has 0 aliphatic rings. The van der Waals surface area contributed by atoms with E-state index in [1.54, 1.807) is 0 Å². The molecule has 0 aliphatic carbocycles. The van der Waals surface area contributed by atoms with E-state index in [1.165, 1.54) is 38.6 Å². The first-order valence-corrected chi connectivity index (χ1v) is 5.73. The number of aryl methyl sites for hydroxylation is 1. The average molecular weight is 284 g/mol. The van der Waals surface area contributed by atoms with Crippen LogP contribution in [0.4, 0.5) is 15.8 Å². The molecule has 100 valence electrons. The number of halogens is 2. The van der Waals surface area contributed by atoms with E-state index >= 15 is 0 Å². The molecule has 1 aromatic carbocycles. The fraction of sp³-hybridized carbons (Fsp3) is 0.167. The van der Waals surface area contributed by atoms with Crippen molar-refractivity contribution in [2.45, 2.75) is 0 Å². The third kappa shape index (κ3) is 2.68. The van der Waals surface area contributed by atoms with Gasteiger partial charge in [-0.05, 0) is 12.1 Å². The Morgan fingerprint density at radius 2 is 2.21 bits per heavy atom. The summed E-state index contributed by atoms with van der Waals surface area (Å²) < 4.78 is 19.3. The summed E-state index contributed by atoms with van der Waals surface area (Å²) in [5, 5.41) is 6.75. The van der Waals surface area contributed by atoms with Crippen LogP contribution >= 0.6 is 11.6 Å². The van der Waals surface area contributed by atoms with Crippen LogP contribution in [-0.4, -0.2) is 16.9 Å². The summed E-state index contributed by atoms with van der Waals surface area (Å²) >= 11 is 5.91. The average Bonchev–Trinajstić information content (AvgIpc) is 2.41. The summed E-state index contributed by atoms with van der Waals surface area (Å²) in [5.74, 6) is -0.376. The molecule has 0 saturated heterocycles. The number of benzene rings is 1. The summed E-state index contributed by atoms with van der Waals surface area (Å²) in [6.07, 6.45) is 1.42. The van der Waals surface area contributed by atoms with Crippen molar-refractivity contribution in [3.8, 4) is 5.75 Å². The summed E-state index contributed by atoms with van der Waals surface area (Å²) in [6.45, 7) is 0. The van der Waals surface area contributed by atoms with Crippen LogP contribution in [0.25, 0.3) is 0 Å². The SMILES string of the molecule is COc1cc(Nc2cnn(C)c(=O)c2Cl)ccc1F. The van der Waals surface area contributed by atoms with Crippen molar-refractivity contribution >= 4 is 23.0 Å². The van der Waals surface area contributed by atoms with Gasteiger partial charge in [0.25, 0.3) is 5.56 Å². The zero-order chi connectivity index (χ0) is 14.0. The normalized spacial score (nSPS) is 10.3. The molecule has 0 saturated carbocycles. The summed E-state index contributed by atoms with van der Waals surface area (Å²) in [4.78, 5) is 11.6. The number of hydrogen-bond acceptors (Lipinski definition) is 4. The minimum atomic E-state index is -0.471. The first-order valence-electron chi connectivity index (χ1n) is 5.35. The molecule has 5 nitrogen and oxygen atoms in total. The molecular formula is C12H11ClFN3O2. The van der Waals surface area contributed by atoms with Gasteiger partial charge in [0.2, 0.25) is 0 Å². The summed E-state index contributed by atoms with van der Waals surface area (Å²) in [6, 6.07) is 4.22. The second-order valence-electron chi connectivity index (χ2n) is 3.78. The second-order valence-corrected chi connectivity index (χ2v) is 4.15. The van der Waals surface area contributed by atoms with Crippen molar-refractivity contribution in [1.29, 1.82) is 0 Å². The zero-order valence-electron chi connectivity index (χ0n) is 10.3. The minimum Gasteiger partial charge on any atom is -0.494 e. The zero-order valence-corrected chi connectivity index (χ0v) is 11.0. The van der Waals surface area contributed by atoms with Crippen LogP contribution in [0.1, 0.15) is 0 Å². The lowest BCUT2D eigenvalue weighted by molar-refractivity contribution is 0.387. The lowest BCUT2D eigenvalue weighted by Gasteiger charge is -2.10. The number of aromatic nitrogens is 2. The van der Waals surface area contributed by atoms with E-state index in [-0.39, 0.29) is 10.8 Å².